The van der Waals surface area contributed by atoms with E-state index in [0.717, 1.165) is 18.4 Å². The highest BCUT2D eigenvalue weighted by Gasteiger charge is 2.27. The Morgan fingerprint density at radius 1 is 0.944 bits per heavy atom. The zero-order valence-electron chi connectivity index (χ0n) is 20.8. The van der Waals surface area contributed by atoms with Gasteiger partial charge in [0.25, 0.3) is 5.91 Å². The number of anilines is 1. The summed E-state index contributed by atoms with van der Waals surface area (Å²) in [4.78, 5) is 27.2. The highest BCUT2D eigenvalue weighted by atomic mass is 32.2. The Morgan fingerprint density at radius 3 is 2.36 bits per heavy atom. The van der Waals surface area contributed by atoms with Gasteiger partial charge in [-0.15, -0.1) is 0 Å². The molecule has 0 unspecified atom stereocenters. The van der Waals surface area contributed by atoms with Crippen molar-refractivity contribution in [3.05, 3.63) is 71.8 Å². The third kappa shape index (κ3) is 5.77. The third-order valence-corrected chi connectivity index (χ3v) is 8.30. The van der Waals surface area contributed by atoms with Crippen molar-refractivity contribution in [3.8, 4) is 0 Å². The first kappa shape index (κ1) is 25.9. The predicted octanol–water partition coefficient (Wildman–Crippen LogP) is 4.86. The van der Waals surface area contributed by atoms with Gasteiger partial charge in [-0.2, -0.15) is 0 Å². The van der Waals surface area contributed by atoms with Crippen LogP contribution >= 0.6 is 0 Å². The number of sulfonamides is 1. The number of hydrogen-bond acceptors (Lipinski definition) is 4. The fourth-order valence-corrected chi connectivity index (χ4v) is 6.18. The van der Waals surface area contributed by atoms with Crippen molar-refractivity contribution < 1.29 is 18.0 Å². The molecule has 2 N–H and O–H groups in total. The van der Waals surface area contributed by atoms with Crippen LogP contribution in [0.3, 0.4) is 0 Å². The van der Waals surface area contributed by atoms with E-state index in [-0.39, 0.29) is 22.8 Å². The van der Waals surface area contributed by atoms with Gasteiger partial charge in [-0.05, 0) is 49.9 Å². The van der Waals surface area contributed by atoms with E-state index in [2.05, 4.69) is 17.0 Å². The molecule has 0 radical (unpaired) electrons. The molecule has 0 aromatic heterocycles. The number of hydrogen-bond donors (Lipinski definition) is 2. The molecule has 1 aliphatic rings. The Balaban J connectivity index is 1.51. The van der Waals surface area contributed by atoms with Crippen molar-refractivity contribution in [2.24, 2.45) is 0 Å². The SMILES string of the molecule is CCCCC(=O)N1CCC(NS(=O)(=O)c2cccc3c(NC(=O)c4ccccc4C)cccc23)CC1. The first-order valence-electron chi connectivity index (χ1n) is 12.5. The molecule has 1 saturated heterocycles. The summed E-state index contributed by atoms with van der Waals surface area (Å²) in [5.41, 5.74) is 1.98. The van der Waals surface area contributed by atoms with Gasteiger partial charge in [-0.25, -0.2) is 13.1 Å². The van der Waals surface area contributed by atoms with Gasteiger partial charge in [0.15, 0.2) is 0 Å². The van der Waals surface area contributed by atoms with Crippen molar-refractivity contribution in [2.75, 3.05) is 18.4 Å². The lowest BCUT2D eigenvalue weighted by Crippen LogP contribution is -2.46. The lowest BCUT2D eigenvalue weighted by atomic mass is 10.1. The molecule has 0 bridgehead atoms. The molecule has 0 atom stereocenters. The van der Waals surface area contributed by atoms with Crippen LogP contribution in [0.15, 0.2) is 65.6 Å². The Labute approximate surface area is 212 Å². The molecule has 0 spiro atoms. The molecule has 0 saturated carbocycles. The zero-order valence-corrected chi connectivity index (χ0v) is 21.6. The third-order valence-electron chi connectivity index (χ3n) is 6.72. The lowest BCUT2D eigenvalue weighted by Gasteiger charge is -2.32. The van der Waals surface area contributed by atoms with Gasteiger partial charge in [0, 0.05) is 47.6 Å². The topological polar surface area (TPSA) is 95.6 Å². The number of fused-ring (bicyclic) bond motifs is 1. The monoisotopic (exact) mass is 507 g/mol. The van der Waals surface area contributed by atoms with Gasteiger partial charge in [-0.3, -0.25) is 9.59 Å². The summed E-state index contributed by atoms with van der Waals surface area (Å²) in [5, 5.41) is 4.13. The quantitative estimate of drug-likeness (QED) is 0.455. The van der Waals surface area contributed by atoms with Crippen LogP contribution in [-0.4, -0.2) is 44.3 Å². The molecule has 2 amide bonds. The van der Waals surface area contributed by atoms with Gasteiger partial charge in [0.2, 0.25) is 15.9 Å². The molecule has 4 rings (SSSR count). The van der Waals surface area contributed by atoms with Crippen molar-refractivity contribution in [3.63, 3.8) is 0 Å². The van der Waals surface area contributed by atoms with E-state index in [9.17, 15) is 18.0 Å². The summed E-state index contributed by atoms with van der Waals surface area (Å²) < 4.78 is 29.6. The van der Waals surface area contributed by atoms with Gasteiger partial charge in [0.05, 0.1) is 4.90 Å². The number of unbranched alkanes of at least 4 members (excludes halogenated alkanes) is 1. The Bertz CT molecular complexity index is 1360. The fraction of sp³-hybridized carbons (Fsp3) is 0.357. The largest absolute Gasteiger partial charge is 0.343 e. The molecule has 190 valence electrons. The van der Waals surface area contributed by atoms with Crippen LogP contribution in [0.4, 0.5) is 5.69 Å². The van der Waals surface area contributed by atoms with Gasteiger partial charge >= 0.3 is 0 Å². The molecule has 1 fully saturated rings. The number of amides is 2. The Hall–Kier alpha value is -3.23. The first-order valence-corrected chi connectivity index (χ1v) is 14.0. The number of carbonyl (C=O) groups excluding carboxylic acids is 2. The van der Waals surface area contributed by atoms with Gasteiger partial charge in [-0.1, -0.05) is 55.8 Å². The normalized spacial score (nSPS) is 14.7. The fourth-order valence-electron chi connectivity index (χ4n) is 4.66. The number of carbonyl (C=O) groups is 2. The number of nitrogens with zero attached hydrogens (tertiary/aromatic N) is 1. The molecule has 7 nitrogen and oxygen atoms in total. The van der Waals surface area contributed by atoms with Crippen LogP contribution in [0, 0.1) is 6.92 Å². The molecular formula is C28H33N3O4S. The number of rotatable bonds is 8. The van der Waals surface area contributed by atoms with Gasteiger partial charge < -0.3 is 10.2 Å². The van der Waals surface area contributed by atoms with Gasteiger partial charge in [0.1, 0.15) is 0 Å². The molecular weight excluding hydrogens is 474 g/mol. The van der Waals surface area contributed by atoms with E-state index in [1.54, 1.807) is 36.4 Å². The minimum Gasteiger partial charge on any atom is -0.343 e. The van der Waals surface area contributed by atoms with E-state index in [1.165, 1.54) is 0 Å². The van der Waals surface area contributed by atoms with Crippen LogP contribution < -0.4 is 10.0 Å². The van der Waals surface area contributed by atoms with Crippen LogP contribution in [0.2, 0.25) is 0 Å². The second-order valence-corrected chi connectivity index (χ2v) is 11.0. The molecule has 1 aliphatic heterocycles. The van der Waals surface area contributed by atoms with Crippen LogP contribution in [0.5, 0.6) is 0 Å². The number of nitrogens with one attached hydrogen (secondary N) is 2. The summed E-state index contributed by atoms with van der Waals surface area (Å²) in [5.74, 6) is -0.0975. The number of piperidine rings is 1. The Morgan fingerprint density at radius 2 is 1.64 bits per heavy atom. The van der Waals surface area contributed by atoms with E-state index in [0.29, 0.717) is 54.4 Å². The minimum atomic E-state index is -3.81. The van der Waals surface area contributed by atoms with E-state index >= 15 is 0 Å². The second-order valence-electron chi connectivity index (χ2n) is 9.31. The second kappa shape index (κ2) is 11.2. The maximum absolute atomic E-state index is 13.4. The van der Waals surface area contributed by atoms with Crippen molar-refractivity contribution in [1.82, 2.24) is 9.62 Å². The maximum atomic E-state index is 13.4. The van der Waals surface area contributed by atoms with Crippen LogP contribution in [-0.2, 0) is 14.8 Å². The van der Waals surface area contributed by atoms with Crippen LogP contribution in [0.25, 0.3) is 10.8 Å². The average Bonchev–Trinajstić information content (AvgIpc) is 2.87. The molecule has 0 aliphatic carbocycles. The molecule has 1 heterocycles. The summed E-state index contributed by atoms with van der Waals surface area (Å²) in [6.07, 6.45) is 3.56. The van der Waals surface area contributed by atoms with Crippen LogP contribution in [0.1, 0.15) is 54.9 Å². The van der Waals surface area contributed by atoms with Crippen molar-refractivity contribution in [1.29, 1.82) is 0 Å². The maximum Gasteiger partial charge on any atom is 0.255 e. The summed E-state index contributed by atoms with van der Waals surface area (Å²) in [6.45, 7) is 5.04. The average molecular weight is 508 g/mol. The minimum absolute atomic E-state index is 0.146. The Kier molecular flexibility index (Phi) is 8.06. The van der Waals surface area contributed by atoms with Crippen molar-refractivity contribution >= 4 is 38.3 Å². The molecule has 36 heavy (non-hydrogen) atoms. The number of benzene rings is 3. The van der Waals surface area contributed by atoms with Crippen molar-refractivity contribution in [2.45, 2.75) is 56.9 Å². The standard InChI is InChI=1S/C28H33N3O4S/c1-3-4-15-27(32)31-18-16-21(17-19-31)30-36(34,35)26-14-8-11-23-24(26)12-7-13-25(23)29-28(33)22-10-6-5-9-20(22)2/h5-14,21,30H,3-4,15-19H2,1-2H3,(H,29,33). The summed E-state index contributed by atoms with van der Waals surface area (Å²) in [7, 11) is -3.81. The summed E-state index contributed by atoms with van der Waals surface area (Å²) in [6, 6.07) is 17.4. The highest BCUT2D eigenvalue weighted by Crippen LogP contribution is 2.30. The predicted molar refractivity (Wildman–Crippen MR) is 143 cm³/mol. The lowest BCUT2D eigenvalue weighted by molar-refractivity contribution is -0.132. The summed E-state index contributed by atoms with van der Waals surface area (Å²) >= 11 is 0. The molecule has 3 aromatic carbocycles. The first-order chi connectivity index (χ1) is 17.3. The van der Waals surface area contributed by atoms with E-state index < -0.39 is 10.0 Å². The number of likely N-dealkylation sites (tertiary alicyclic amines) is 1. The van der Waals surface area contributed by atoms with E-state index in [1.807, 2.05) is 36.1 Å². The number of aryl methyl sites for hydroxylation is 1. The zero-order chi connectivity index (χ0) is 25.7. The smallest absolute Gasteiger partial charge is 0.255 e. The highest BCUT2D eigenvalue weighted by molar-refractivity contribution is 7.89. The molecule has 3 aromatic rings. The van der Waals surface area contributed by atoms with E-state index in [4.69, 9.17) is 0 Å². The molecule has 8 heteroatoms.